The Morgan fingerprint density at radius 3 is 2.68 bits per heavy atom. The van der Waals surface area contributed by atoms with Crippen molar-refractivity contribution in [2.45, 2.75) is 18.9 Å². The van der Waals surface area contributed by atoms with Crippen LogP contribution in [0.15, 0.2) is 47.1 Å². The highest BCUT2D eigenvalue weighted by Gasteiger charge is 2.27. The van der Waals surface area contributed by atoms with Crippen LogP contribution in [0.3, 0.4) is 0 Å². The van der Waals surface area contributed by atoms with Crippen LogP contribution < -0.4 is 5.32 Å². The largest absolute Gasteiger partial charge is 0.383 e. The Kier molecular flexibility index (Phi) is 4.69. The zero-order chi connectivity index (χ0) is 18.0. The van der Waals surface area contributed by atoms with Crippen molar-refractivity contribution < 1.29 is 10.0 Å². The van der Waals surface area contributed by atoms with Gasteiger partial charge in [-0.3, -0.25) is 0 Å². The standard InChI is InChI=1S/C16H16BrN5O3/c1-2-16(23,11-3-5-12(17)6-4-11)10-19-13-7-8-14-18-9-15(22(24)25)21(14)20-13/h3-9,23H,2,10H2,1H3,(H,19,20). The Morgan fingerprint density at radius 2 is 2.04 bits per heavy atom. The summed E-state index contributed by atoms with van der Waals surface area (Å²) < 4.78 is 2.09. The fourth-order valence-electron chi connectivity index (χ4n) is 2.51. The van der Waals surface area contributed by atoms with Crippen molar-refractivity contribution in [3.8, 4) is 0 Å². The van der Waals surface area contributed by atoms with Gasteiger partial charge in [-0.15, -0.1) is 0 Å². The predicted octanol–water partition coefficient (Wildman–Crippen LogP) is 3.11. The minimum absolute atomic E-state index is 0.211. The Morgan fingerprint density at radius 1 is 1.32 bits per heavy atom. The van der Waals surface area contributed by atoms with Gasteiger partial charge < -0.3 is 20.5 Å². The smallest absolute Gasteiger partial charge is 0.368 e. The minimum Gasteiger partial charge on any atom is -0.383 e. The molecule has 8 nitrogen and oxygen atoms in total. The van der Waals surface area contributed by atoms with Crippen LogP contribution in [0.25, 0.3) is 5.65 Å². The molecule has 0 amide bonds. The van der Waals surface area contributed by atoms with E-state index in [1.54, 1.807) is 12.1 Å². The van der Waals surface area contributed by atoms with Crippen LogP contribution in [-0.4, -0.2) is 31.2 Å². The first-order chi connectivity index (χ1) is 11.9. The van der Waals surface area contributed by atoms with E-state index in [1.807, 2.05) is 31.2 Å². The maximum absolute atomic E-state index is 11.0. The van der Waals surface area contributed by atoms with E-state index >= 15 is 0 Å². The fourth-order valence-corrected chi connectivity index (χ4v) is 2.77. The highest BCUT2D eigenvalue weighted by Crippen LogP contribution is 2.27. The fraction of sp³-hybridized carbons (Fsp3) is 0.250. The van der Waals surface area contributed by atoms with Gasteiger partial charge in [0, 0.05) is 17.1 Å². The van der Waals surface area contributed by atoms with E-state index in [4.69, 9.17) is 0 Å². The molecule has 0 aliphatic rings. The van der Waals surface area contributed by atoms with Crippen molar-refractivity contribution in [2.75, 3.05) is 11.9 Å². The van der Waals surface area contributed by atoms with Crippen molar-refractivity contribution in [2.24, 2.45) is 0 Å². The number of aliphatic hydroxyl groups is 1. The topological polar surface area (TPSA) is 106 Å². The summed E-state index contributed by atoms with van der Waals surface area (Å²) in [5.74, 6) is 0.204. The van der Waals surface area contributed by atoms with Gasteiger partial charge in [0.2, 0.25) is 5.65 Å². The Balaban J connectivity index is 1.84. The summed E-state index contributed by atoms with van der Waals surface area (Å²) in [6.07, 6.45) is 1.66. The first-order valence-electron chi connectivity index (χ1n) is 7.64. The van der Waals surface area contributed by atoms with E-state index in [0.29, 0.717) is 17.9 Å². The molecular weight excluding hydrogens is 390 g/mol. The normalized spacial score (nSPS) is 13.6. The Bertz CT molecular complexity index is 912. The molecule has 2 heterocycles. The van der Waals surface area contributed by atoms with E-state index in [0.717, 1.165) is 20.7 Å². The molecule has 0 saturated carbocycles. The number of halogens is 1. The number of nitro groups is 1. The summed E-state index contributed by atoms with van der Waals surface area (Å²) in [7, 11) is 0. The zero-order valence-electron chi connectivity index (χ0n) is 13.4. The van der Waals surface area contributed by atoms with E-state index < -0.39 is 10.5 Å². The van der Waals surface area contributed by atoms with Crippen molar-refractivity contribution >= 4 is 33.2 Å². The van der Waals surface area contributed by atoms with Gasteiger partial charge >= 0.3 is 5.82 Å². The molecule has 0 spiro atoms. The summed E-state index contributed by atoms with van der Waals surface area (Å²) in [6.45, 7) is 2.10. The number of anilines is 1. The summed E-state index contributed by atoms with van der Waals surface area (Å²) >= 11 is 3.38. The molecule has 0 saturated heterocycles. The first kappa shape index (κ1) is 17.3. The summed E-state index contributed by atoms with van der Waals surface area (Å²) in [6, 6.07) is 10.8. The second-order valence-corrected chi connectivity index (χ2v) is 6.52. The van der Waals surface area contributed by atoms with Crippen LogP contribution >= 0.6 is 15.9 Å². The van der Waals surface area contributed by atoms with Crippen molar-refractivity contribution in [3.63, 3.8) is 0 Å². The lowest BCUT2D eigenvalue weighted by atomic mass is 9.91. The lowest BCUT2D eigenvalue weighted by Crippen LogP contribution is -2.33. The van der Waals surface area contributed by atoms with Crippen LogP contribution in [0.5, 0.6) is 0 Å². The molecule has 0 aliphatic carbocycles. The quantitative estimate of drug-likeness (QED) is 0.482. The number of aromatic nitrogens is 3. The predicted molar refractivity (Wildman–Crippen MR) is 96.5 cm³/mol. The van der Waals surface area contributed by atoms with Crippen LogP contribution in [0.2, 0.25) is 0 Å². The second-order valence-electron chi connectivity index (χ2n) is 5.61. The van der Waals surface area contributed by atoms with E-state index in [9.17, 15) is 15.2 Å². The molecule has 0 fully saturated rings. The van der Waals surface area contributed by atoms with Gasteiger partial charge in [-0.05, 0) is 35.1 Å². The van der Waals surface area contributed by atoms with Gasteiger partial charge in [-0.2, -0.15) is 0 Å². The summed E-state index contributed by atoms with van der Waals surface area (Å²) in [4.78, 5) is 14.4. The molecule has 0 aliphatic heterocycles. The van der Waals surface area contributed by atoms with Gasteiger partial charge in [-0.25, -0.2) is 4.98 Å². The number of nitrogens with zero attached hydrogens (tertiary/aromatic N) is 4. The molecule has 2 N–H and O–H groups in total. The second kappa shape index (κ2) is 6.77. The van der Waals surface area contributed by atoms with E-state index in [-0.39, 0.29) is 12.4 Å². The van der Waals surface area contributed by atoms with Crippen LogP contribution in [0.4, 0.5) is 11.6 Å². The summed E-state index contributed by atoms with van der Waals surface area (Å²) in [5.41, 5.74) is 0.0781. The van der Waals surface area contributed by atoms with Gasteiger partial charge in [0.1, 0.15) is 11.8 Å². The SMILES string of the molecule is CCC(O)(CNc1ccc2ncc([N+](=O)[O-])n2n1)c1ccc(Br)cc1. The van der Waals surface area contributed by atoms with Crippen molar-refractivity contribution in [3.05, 3.63) is 62.7 Å². The summed E-state index contributed by atoms with van der Waals surface area (Å²) in [5, 5.41) is 29.2. The number of imidazole rings is 1. The third kappa shape index (κ3) is 3.47. The number of benzene rings is 1. The van der Waals surface area contributed by atoms with Gasteiger partial charge in [-0.1, -0.05) is 44.6 Å². The number of fused-ring (bicyclic) bond motifs is 1. The maximum Gasteiger partial charge on any atom is 0.368 e. The molecule has 1 aromatic carbocycles. The third-order valence-corrected chi connectivity index (χ3v) is 4.59. The monoisotopic (exact) mass is 405 g/mol. The molecule has 130 valence electrons. The van der Waals surface area contributed by atoms with E-state index in [1.165, 1.54) is 0 Å². The van der Waals surface area contributed by atoms with Crippen molar-refractivity contribution in [1.82, 2.24) is 14.6 Å². The lowest BCUT2D eigenvalue weighted by molar-refractivity contribution is -0.391. The average Bonchev–Trinajstić information content (AvgIpc) is 3.03. The molecule has 25 heavy (non-hydrogen) atoms. The molecule has 3 aromatic rings. The molecule has 0 radical (unpaired) electrons. The zero-order valence-corrected chi connectivity index (χ0v) is 15.0. The van der Waals surface area contributed by atoms with Gasteiger partial charge in [0.15, 0.2) is 5.82 Å². The van der Waals surface area contributed by atoms with Gasteiger partial charge in [0.05, 0.1) is 0 Å². The molecule has 9 heteroatoms. The number of hydrogen-bond donors (Lipinski definition) is 2. The maximum atomic E-state index is 11.0. The molecule has 1 unspecified atom stereocenters. The first-order valence-corrected chi connectivity index (χ1v) is 8.44. The van der Waals surface area contributed by atoms with Crippen LogP contribution in [0, 0.1) is 10.1 Å². The molecule has 0 bridgehead atoms. The molecule has 2 aromatic heterocycles. The number of rotatable bonds is 6. The third-order valence-electron chi connectivity index (χ3n) is 4.06. The molecule has 3 rings (SSSR count). The van der Waals surface area contributed by atoms with Crippen LogP contribution in [0.1, 0.15) is 18.9 Å². The minimum atomic E-state index is -1.09. The molecule has 1 atom stereocenters. The highest BCUT2D eigenvalue weighted by atomic mass is 79.9. The van der Waals surface area contributed by atoms with Crippen LogP contribution in [-0.2, 0) is 5.60 Å². The van der Waals surface area contributed by atoms with Crippen molar-refractivity contribution in [1.29, 1.82) is 0 Å². The highest BCUT2D eigenvalue weighted by molar-refractivity contribution is 9.10. The number of hydrogen-bond acceptors (Lipinski definition) is 6. The average molecular weight is 406 g/mol. The molecular formula is C16H16BrN5O3. The van der Waals surface area contributed by atoms with E-state index in [2.05, 4.69) is 31.3 Å². The van der Waals surface area contributed by atoms with Gasteiger partial charge in [0.25, 0.3) is 0 Å². The Labute approximate surface area is 151 Å². The lowest BCUT2D eigenvalue weighted by Gasteiger charge is -2.27. The number of nitrogens with one attached hydrogen (secondary N) is 1. The Hall–Kier alpha value is -2.52.